The van der Waals surface area contributed by atoms with E-state index in [1.807, 2.05) is 6.07 Å². The third-order valence-corrected chi connectivity index (χ3v) is 3.56. The Hall–Kier alpha value is -1.86. The van der Waals surface area contributed by atoms with Crippen molar-refractivity contribution in [3.05, 3.63) is 41.2 Å². The molecule has 2 N–H and O–H groups in total. The van der Waals surface area contributed by atoms with Crippen LogP contribution >= 0.6 is 11.3 Å². The maximum atomic E-state index is 13.6. The molecule has 0 aliphatic carbocycles. The van der Waals surface area contributed by atoms with Crippen LogP contribution in [0.4, 0.5) is 9.39 Å². The maximum absolute atomic E-state index is 13.6. The molecule has 0 aliphatic rings. The highest BCUT2D eigenvalue weighted by molar-refractivity contribution is 7.19. The van der Waals surface area contributed by atoms with E-state index in [0.717, 1.165) is 10.4 Å². The van der Waals surface area contributed by atoms with Crippen LogP contribution in [0.2, 0.25) is 0 Å². The summed E-state index contributed by atoms with van der Waals surface area (Å²) in [5, 5.41) is 9.35. The number of rotatable bonds is 1. The lowest BCUT2D eigenvalue weighted by Gasteiger charge is -2.00. The van der Waals surface area contributed by atoms with Crippen LogP contribution in [-0.2, 0) is 0 Å². The normalized spacial score (nSPS) is 10.1. The summed E-state index contributed by atoms with van der Waals surface area (Å²) < 4.78 is 13.6. The summed E-state index contributed by atoms with van der Waals surface area (Å²) in [6.07, 6.45) is 0. The van der Waals surface area contributed by atoms with E-state index < -0.39 is 0 Å². The molecule has 0 unspecified atom stereocenters. The molecule has 16 heavy (non-hydrogen) atoms. The second kappa shape index (κ2) is 3.95. The standard InChI is InChI=1S/C12H9FN2S/c1-7-9(6-14)12(15)16-11(7)8-4-2-3-5-10(8)13/h2-5H,15H2,1H3. The Balaban J connectivity index is 2.68. The van der Waals surface area contributed by atoms with Crippen molar-refractivity contribution < 1.29 is 4.39 Å². The largest absolute Gasteiger partial charge is 0.389 e. The van der Waals surface area contributed by atoms with Crippen LogP contribution in [0.15, 0.2) is 24.3 Å². The molecule has 0 fully saturated rings. The van der Waals surface area contributed by atoms with E-state index in [-0.39, 0.29) is 5.82 Å². The maximum Gasteiger partial charge on any atom is 0.131 e. The molecule has 0 aliphatic heterocycles. The zero-order valence-electron chi connectivity index (χ0n) is 8.62. The van der Waals surface area contributed by atoms with Crippen LogP contribution in [-0.4, -0.2) is 0 Å². The highest BCUT2D eigenvalue weighted by Gasteiger charge is 2.16. The predicted octanol–water partition coefficient (Wildman–Crippen LogP) is 3.32. The first-order valence-electron chi connectivity index (χ1n) is 4.69. The minimum Gasteiger partial charge on any atom is -0.389 e. The van der Waals surface area contributed by atoms with Gasteiger partial charge in [-0.3, -0.25) is 0 Å². The van der Waals surface area contributed by atoms with Crippen molar-refractivity contribution in [2.45, 2.75) is 6.92 Å². The summed E-state index contributed by atoms with van der Waals surface area (Å²) in [5.41, 5.74) is 7.40. The average molecular weight is 232 g/mol. The van der Waals surface area contributed by atoms with Crippen LogP contribution in [0.1, 0.15) is 11.1 Å². The monoisotopic (exact) mass is 232 g/mol. The Bertz CT molecular complexity index is 581. The van der Waals surface area contributed by atoms with E-state index in [1.165, 1.54) is 17.4 Å². The van der Waals surface area contributed by atoms with Gasteiger partial charge < -0.3 is 5.73 Å². The lowest BCUT2D eigenvalue weighted by Crippen LogP contribution is -1.85. The smallest absolute Gasteiger partial charge is 0.131 e. The highest BCUT2D eigenvalue weighted by atomic mass is 32.1. The van der Waals surface area contributed by atoms with Gasteiger partial charge in [0, 0.05) is 10.4 Å². The van der Waals surface area contributed by atoms with Gasteiger partial charge in [-0.25, -0.2) is 4.39 Å². The number of nitrogens with zero attached hydrogens (tertiary/aromatic N) is 1. The van der Waals surface area contributed by atoms with Crippen LogP contribution in [0.5, 0.6) is 0 Å². The molecule has 2 nitrogen and oxygen atoms in total. The van der Waals surface area contributed by atoms with Crippen LogP contribution in [0.3, 0.4) is 0 Å². The van der Waals surface area contributed by atoms with Crippen molar-refractivity contribution in [1.29, 1.82) is 5.26 Å². The number of halogens is 1. The molecule has 80 valence electrons. The van der Waals surface area contributed by atoms with Gasteiger partial charge in [-0.1, -0.05) is 18.2 Å². The Kier molecular flexibility index (Phi) is 2.63. The summed E-state index contributed by atoms with van der Waals surface area (Å²) >= 11 is 1.25. The molecule has 2 aromatic rings. The minimum absolute atomic E-state index is 0.295. The summed E-state index contributed by atoms with van der Waals surface area (Å²) in [7, 11) is 0. The van der Waals surface area contributed by atoms with E-state index in [1.54, 1.807) is 25.1 Å². The number of nitrogens with two attached hydrogens (primary N) is 1. The molecule has 4 heteroatoms. The fourth-order valence-electron chi connectivity index (χ4n) is 1.58. The van der Waals surface area contributed by atoms with Gasteiger partial charge in [-0.2, -0.15) is 5.26 Å². The molecule has 0 bridgehead atoms. The van der Waals surface area contributed by atoms with Crippen molar-refractivity contribution in [1.82, 2.24) is 0 Å². The van der Waals surface area contributed by atoms with Crippen molar-refractivity contribution in [2.75, 3.05) is 5.73 Å². The van der Waals surface area contributed by atoms with Crippen LogP contribution in [0.25, 0.3) is 10.4 Å². The first kappa shape index (κ1) is 10.7. The number of thiophene rings is 1. The van der Waals surface area contributed by atoms with Crippen molar-refractivity contribution in [3.8, 4) is 16.5 Å². The third-order valence-electron chi connectivity index (χ3n) is 2.40. The van der Waals surface area contributed by atoms with Gasteiger partial charge in [0.2, 0.25) is 0 Å². The molecule has 0 radical (unpaired) electrons. The van der Waals surface area contributed by atoms with Crippen LogP contribution < -0.4 is 5.73 Å². The summed E-state index contributed by atoms with van der Waals surface area (Å²) in [6.45, 7) is 1.78. The van der Waals surface area contributed by atoms with Crippen molar-refractivity contribution in [3.63, 3.8) is 0 Å². The zero-order valence-corrected chi connectivity index (χ0v) is 9.44. The Morgan fingerprint density at radius 2 is 2.06 bits per heavy atom. The SMILES string of the molecule is Cc1c(-c2ccccc2F)sc(N)c1C#N. The van der Waals surface area contributed by atoms with E-state index in [0.29, 0.717) is 16.1 Å². The molecular weight excluding hydrogens is 223 g/mol. The fourth-order valence-corrected chi connectivity index (χ4v) is 2.63. The molecule has 0 amide bonds. The Labute approximate surface area is 96.8 Å². The molecule has 1 aromatic heterocycles. The molecule has 2 rings (SSSR count). The number of nitrogen functional groups attached to an aromatic ring is 1. The number of anilines is 1. The Morgan fingerprint density at radius 3 is 2.62 bits per heavy atom. The predicted molar refractivity (Wildman–Crippen MR) is 63.6 cm³/mol. The zero-order chi connectivity index (χ0) is 11.7. The van der Waals surface area contributed by atoms with E-state index in [9.17, 15) is 4.39 Å². The molecular formula is C12H9FN2S. The lowest BCUT2D eigenvalue weighted by atomic mass is 10.1. The van der Waals surface area contributed by atoms with Gasteiger partial charge >= 0.3 is 0 Å². The van der Waals surface area contributed by atoms with Gasteiger partial charge in [0.15, 0.2) is 0 Å². The van der Waals surface area contributed by atoms with Gasteiger partial charge in [-0.15, -0.1) is 11.3 Å². The van der Waals surface area contributed by atoms with Gasteiger partial charge in [0.25, 0.3) is 0 Å². The fraction of sp³-hybridized carbons (Fsp3) is 0.0833. The van der Waals surface area contributed by atoms with Crippen LogP contribution in [0, 0.1) is 24.1 Å². The molecule has 0 saturated carbocycles. The van der Waals surface area contributed by atoms with Gasteiger partial charge in [-0.05, 0) is 18.6 Å². The highest BCUT2D eigenvalue weighted by Crippen LogP contribution is 2.38. The average Bonchev–Trinajstić information content (AvgIpc) is 2.55. The molecule has 1 aromatic carbocycles. The minimum atomic E-state index is -0.295. The second-order valence-electron chi connectivity index (χ2n) is 3.39. The van der Waals surface area contributed by atoms with E-state index in [2.05, 4.69) is 0 Å². The topological polar surface area (TPSA) is 49.8 Å². The summed E-state index contributed by atoms with van der Waals surface area (Å²) in [6, 6.07) is 8.52. The summed E-state index contributed by atoms with van der Waals surface area (Å²) in [4.78, 5) is 0.729. The second-order valence-corrected chi connectivity index (χ2v) is 4.44. The van der Waals surface area contributed by atoms with Gasteiger partial charge in [0.05, 0.1) is 5.56 Å². The number of hydrogen-bond acceptors (Lipinski definition) is 3. The Morgan fingerprint density at radius 1 is 1.38 bits per heavy atom. The van der Waals surface area contributed by atoms with E-state index >= 15 is 0 Å². The molecule has 0 atom stereocenters. The molecule has 0 saturated heterocycles. The molecule has 1 heterocycles. The first-order valence-corrected chi connectivity index (χ1v) is 5.50. The number of hydrogen-bond donors (Lipinski definition) is 1. The van der Waals surface area contributed by atoms with Crippen molar-refractivity contribution in [2.24, 2.45) is 0 Å². The van der Waals surface area contributed by atoms with Crippen molar-refractivity contribution >= 4 is 16.3 Å². The summed E-state index contributed by atoms with van der Waals surface area (Å²) in [5.74, 6) is -0.295. The number of benzene rings is 1. The first-order chi connectivity index (χ1) is 7.65. The van der Waals surface area contributed by atoms with E-state index in [4.69, 9.17) is 11.0 Å². The van der Waals surface area contributed by atoms with Gasteiger partial charge in [0.1, 0.15) is 16.9 Å². The number of nitriles is 1. The molecule has 0 spiro atoms. The third kappa shape index (κ3) is 1.55. The quantitative estimate of drug-likeness (QED) is 0.820. The lowest BCUT2D eigenvalue weighted by molar-refractivity contribution is 0.631.